The highest BCUT2D eigenvalue weighted by Gasteiger charge is 2.27. The van der Waals surface area contributed by atoms with Crippen molar-refractivity contribution >= 4 is 32.6 Å². The van der Waals surface area contributed by atoms with E-state index in [1.807, 2.05) is 13.8 Å². The molecule has 0 fully saturated rings. The molecule has 1 aliphatic rings. The average molecular weight is 455 g/mol. The second-order valence-corrected chi connectivity index (χ2v) is 9.44. The van der Waals surface area contributed by atoms with E-state index in [1.165, 1.54) is 17.7 Å². The maximum Gasteiger partial charge on any atom is 0.245 e. The van der Waals surface area contributed by atoms with Crippen LogP contribution >= 0.6 is 0 Å². The Labute approximate surface area is 187 Å². The summed E-state index contributed by atoms with van der Waals surface area (Å²) in [5.74, 6) is 0.982. The number of ether oxygens (including phenoxy) is 1. The largest absolute Gasteiger partial charge is 0.497 e. The van der Waals surface area contributed by atoms with Crippen molar-refractivity contribution in [2.75, 3.05) is 25.5 Å². The number of methoxy groups -OCH3 is 1. The average Bonchev–Trinajstić information content (AvgIpc) is 3.14. The zero-order chi connectivity index (χ0) is 22.9. The lowest BCUT2D eigenvalue weighted by Crippen LogP contribution is -2.31. The number of sulfonamides is 1. The molecule has 0 saturated carbocycles. The smallest absolute Gasteiger partial charge is 0.245 e. The number of rotatable bonds is 7. The summed E-state index contributed by atoms with van der Waals surface area (Å²) in [5, 5.41) is 13.0. The van der Waals surface area contributed by atoms with Gasteiger partial charge in [0.05, 0.1) is 18.4 Å². The molecule has 0 spiro atoms. The maximum absolute atomic E-state index is 13.3. The molecule has 1 aliphatic heterocycles. The Morgan fingerprint density at radius 1 is 1.25 bits per heavy atom. The quantitative estimate of drug-likeness (QED) is 0.582. The molecule has 4 rings (SSSR count). The number of aryl methyl sites for hydroxylation is 1. The first-order chi connectivity index (χ1) is 15.5. The zero-order valence-electron chi connectivity index (χ0n) is 18.4. The molecule has 1 N–H and O–H groups in total. The number of nitrogens with one attached hydrogen (secondary N) is 1. The first-order valence-corrected chi connectivity index (χ1v) is 12.1. The Balaban J connectivity index is 1.90. The van der Waals surface area contributed by atoms with Crippen molar-refractivity contribution < 1.29 is 13.2 Å². The predicted molar refractivity (Wildman–Crippen MR) is 122 cm³/mol. The van der Waals surface area contributed by atoms with Gasteiger partial charge in [-0.25, -0.2) is 18.4 Å². The monoisotopic (exact) mass is 454 g/mol. The van der Waals surface area contributed by atoms with Gasteiger partial charge in [-0.1, -0.05) is 13.8 Å². The topological polar surface area (TPSA) is 113 Å². The van der Waals surface area contributed by atoms with Gasteiger partial charge in [0.1, 0.15) is 34.1 Å². The molecule has 3 heterocycles. The Morgan fingerprint density at radius 3 is 2.72 bits per heavy atom. The molecule has 0 amide bonds. The van der Waals surface area contributed by atoms with Crippen LogP contribution in [0.15, 0.2) is 29.4 Å². The minimum Gasteiger partial charge on any atom is -0.497 e. The SMILES string of the molecule is CCN(CC)S(=O)(=O)c1ccc(OC)cc1Nc1ncnc2c(C#N)c3n(c12)CCCC3. The summed E-state index contributed by atoms with van der Waals surface area (Å²) in [5.41, 5.74) is 3.18. The molecule has 10 heteroatoms. The molecule has 168 valence electrons. The van der Waals surface area contributed by atoms with Crippen LogP contribution in [0.5, 0.6) is 5.75 Å². The molecule has 3 aromatic rings. The van der Waals surface area contributed by atoms with Crippen LogP contribution in [0.3, 0.4) is 0 Å². The lowest BCUT2D eigenvalue weighted by atomic mass is 10.1. The van der Waals surface area contributed by atoms with Crippen molar-refractivity contribution in [1.82, 2.24) is 18.8 Å². The van der Waals surface area contributed by atoms with Crippen molar-refractivity contribution in [2.45, 2.75) is 44.6 Å². The Kier molecular flexibility index (Phi) is 6.04. The van der Waals surface area contributed by atoms with Crippen LogP contribution in [0, 0.1) is 11.3 Å². The van der Waals surface area contributed by atoms with E-state index in [-0.39, 0.29) is 4.90 Å². The number of nitrogens with zero attached hydrogens (tertiary/aromatic N) is 5. The molecule has 0 aliphatic carbocycles. The van der Waals surface area contributed by atoms with Crippen LogP contribution in [-0.4, -0.2) is 47.5 Å². The number of fused-ring (bicyclic) bond motifs is 3. The van der Waals surface area contributed by atoms with Crippen molar-refractivity contribution in [3.8, 4) is 11.8 Å². The standard InChI is InChI=1S/C22H26N6O3S/c1-4-27(5-2)32(29,30)19-10-9-15(31-3)12-17(19)26-22-21-20(24-14-25-22)16(13-23)18-8-6-7-11-28(18)21/h9-10,12,14H,4-8,11H2,1-3H3,(H,24,25,26). The summed E-state index contributed by atoms with van der Waals surface area (Å²) >= 11 is 0. The molecule has 0 atom stereocenters. The number of benzene rings is 1. The van der Waals surface area contributed by atoms with Gasteiger partial charge >= 0.3 is 0 Å². The first-order valence-electron chi connectivity index (χ1n) is 10.7. The van der Waals surface area contributed by atoms with Crippen LogP contribution in [0.2, 0.25) is 0 Å². The number of hydrogen-bond acceptors (Lipinski definition) is 7. The summed E-state index contributed by atoms with van der Waals surface area (Å²) in [6.07, 6.45) is 4.22. The van der Waals surface area contributed by atoms with E-state index >= 15 is 0 Å². The van der Waals surface area contributed by atoms with Gasteiger partial charge in [-0.05, 0) is 31.4 Å². The van der Waals surface area contributed by atoms with E-state index in [0.29, 0.717) is 46.9 Å². The third kappa shape index (κ3) is 3.57. The van der Waals surface area contributed by atoms with Gasteiger partial charge in [-0.15, -0.1) is 0 Å². The van der Waals surface area contributed by atoms with E-state index in [0.717, 1.165) is 31.5 Å². The third-order valence-corrected chi connectivity index (χ3v) is 7.97. The van der Waals surface area contributed by atoms with Gasteiger partial charge in [0.15, 0.2) is 5.82 Å². The first kappa shape index (κ1) is 22.0. The van der Waals surface area contributed by atoms with Crippen molar-refractivity contribution in [3.63, 3.8) is 0 Å². The second kappa shape index (κ2) is 8.76. The Bertz CT molecular complexity index is 1310. The highest BCUT2D eigenvalue weighted by Crippen LogP contribution is 2.36. The summed E-state index contributed by atoms with van der Waals surface area (Å²) in [4.78, 5) is 8.93. The van der Waals surface area contributed by atoms with Crippen molar-refractivity contribution in [3.05, 3.63) is 35.8 Å². The van der Waals surface area contributed by atoms with E-state index in [9.17, 15) is 13.7 Å². The fourth-order valence-electron chi connectivity index (χ4n) is 4.29. The number of anilines is 2. The van der Waals surface area contributed by atoms with Gasteiger partial charge in [-0.2, -0.15) is 9.57 Å². The highest BCUT2D eigenvalue weighted by atomic mass is 32.2. The lowest BCUT2D eigenvalue weighted by molar-refractivity contribution is 0.414. The van der Waals surface area contributed by atoms with E-state index in [1.54, 1.807) is 18.2 Å². The van der Waals surface area contributed by atoms with E-state index in [4.69, 9.17) is 4.74 Å². The summed E-state index contributed by atoms with van der Waals surface area (Å²) in [6, 6.07) is 7.11. The molecule has 1 aromatic carbocycles. The molecule has 2 aromatic heterocycles. The molecule has 9 nitrogen and oxygen atoms in total. The minimum absolute atomic E-state index is 0.139. The van der Waals surface area contributed by atoms with Crippen molar-refractivity contribution in [1.29, 1.82) is 5.26 Å². The molecular formula is C22H26N6O3S. The summed E-state index contributed by atoms with van der Waals surface area (Å²) in [7, 11) is -2.20. The molecule has 0 bridgehead atoms. The fourth-order valence-corrected chi connectivity index (χ4v) is 5.88. The van der Waals surface area contributed by atoms with E-state index in [2.05, 4.69) is 25.9 Å². The van der Waals surface area contributed by atoms with Gasteiger partial charge in [0, 0.05) is 31.4 Å². The normalized spacial score (nSPS) is 13.7. The predicted octanol–water partition coefficient (Wildman–Crippen LogP) is 3.42. The maximum atomic E-state index is 13.3. The van der Waals surface area contributed by atoms with Crippen LogP contribution in [0.1, 0.15) is 37.9 Å². The molecule has 32 heavy (non-hydrogen) atoms. The van der Waals surface area contributed by atoms with Crippen molar-refractivity contribution in [2.24, 2.45) is 0 Å². The van der Waals surface area contributed by atoms with Gasteiger partial charge in [0.25, 0.3) is 0 Å². The molecule has 0 radical (unpaired) electrons. The minimum atomic E-state index is -3.73. The lowest BCUT2D eigenvalue weighted by Gasteiger charge is -2.22. The number of aromatic nitrogens is 3. The fraction of sp³-hybridized carbons (Fsp3) is 0.409. The molecule has 0 saturated heterocycles. The van der Waals surface area contributed by atoms with Gasteiger partial charge in [-0.3, -0.25) is 0 Å². The van der Waals surface area contributed by atoms with Gasteiger partial charge < -0.3 is 14.6 Å². The number of nitriles is 1. The zero-order valence-corrected chi connectivity index (χ0v) is 19.2. The number of hydrogen-bond donors (Lipinski definition) is 1. The highest BCUT2D eigenvalue weighted by molar-refractivity contribution is 7.89. The Hall–Kier alpha value is -3.16. The molecule has 0 unspecified atom stereocenters. The van der Waals surface area contributed by atoms with Crippen LogP contribution in [-0.2, 0) is 23.0 Å². The van der Waals surface area contributed by atoms with Crippen LogP contribution in [0.4, 0.5) is 11.5 Å². The van der Waals surface area contributed by atoms with Gasteiger partial charge in [0.2, 0.25) is 10.0 Å². The third-order valence-electron chi connectivity index (χ3n) is 5.86. The van der Waals surface area contributed by atoms with E-state index < -0.39 is 10.0 Å². The summed E-state index contributed by atoms with van der Waals surface area (Å²) in [6.45, 7) is 5.10. The van der Waals surface area contributed by atoms with Crippen LogP contribution < -0.4 is 10.1 Å². The molecular weight excluding hydrogens is 428 g/mol. The summed E-state index contributed by atoms with van der Waals surface area (Å²) < 4.78 is 35.5. The Morgan fingerprint density at radius 2 is 2.03 bits per heavy atom. The van der Waals surface area contributed by atoms with Crippen LogP contribution in [0.25, 0.3) is 11.0 Å². The second-order valence-electron chi connectivity index (χ2n) is 7.54.